The number of hydrogen-bond donors (Lipinski definition) is 1. The molecule has 1 saturated carbocycles. The van der Waals surface area contributed by atoms with Gasteiger partial charge in [-0.25, -0.2) is 4.79 Å². The molecular weight excluding hydrogens is 192 g/mol. The molecule has 1 rings (SSSR count). The zero-order valence-electron chi connectivity index (χ0n) is 9.90. The summed E-state index contributed by atoms with van der Waals surface area (Å²) in [6, 6.07) is 0. The summed E-state index contributed by atoms with van der Waals surface area (Å²) in [7, 11) is 0. The van der Waals surface area contributed by atoms with E-state index in [1.165, 1.54) is 6.42 Å². The van der Waals surface area contributed by atoms with Crippen molar-refractivity contribution >= 4 is 5.97 Å². The van der Waals surface area contributed by atoms with Crippen LogP contribution in [-0.2, 0) is 9.53 Å². The molecule has 3 unspecified atom stereocenters. The topological polar surface area (TPSA) is 46.5 Å². The molecule has 0 amide bonds. The summed E-state index contributed by atoms with van der Waals surface area (Å²) in [6.07, 6.45) is 3.29. The van der Waals surface area contributed by atoms with Gasteiger partial charge in [0.05, 0.1) is 0 Å². The van der Waals surface area contributed by atoms with Crippen molar-refractivity contribution in [3.63, 3.8) is 0 Å². The van der Waals surface area contributed by atoms with E-state index in [9.17, 15) is 4.79 Å². The van der Waals surface area contributed by atoms with Gasteiger partial charge < -0.3 is 9.84 Å². The summed E-state index contributed by atoms with van der Waals surface area (Å²) >= 11 is 0. The average molecular weight is 214 g/mol. The first-order chi connectivity index (χ1) is 7.04. The minimum Gasteiger partial charge on any atom is -0.460 e. The smallest absolute Gasteiger partial charge is 0.332 e. The molecule has 3 atom stereocenters. The third-order valence-electron chi connectivity index (χ3n) is 3.37. The Hall–Kier alpha value is -0.570. The second-order valence-electron chi connectivity index (χ2n) is 5.01. The van der Waals surface area contributed by atoms with Gasteiger partial charge in [0.1, 0.15) is 12.7 Å². The highest BCUT2D eigenvalue weighted by molar-refractivity contribution is 5.70. The molecule has 0 bridgehead atoms. The van der Waals surface area contributed by atoms with Crippen LogP contribution in [0.2, 0.25) is 0 Å². The van der Waals surface area contributed by atoms with Crippen LogP contribution in [0.3, 0.4) is 0 Å². The normalized spacial score (nSPS) is 31.7. The molecule has 0 aliphatic heterocycles. The van der Waals surface area contributed by atoms with E-state index in [0.29, 0.717) is 17.8 Å². The van der Waals surface area contributed by atoms with E-state index in [0.717, 1.165) is 12.8 Å². The molecule has 3 nitrogen and oxygen atoms in total. The number of carbonyl (C=O) groups is 1. The van der Waals surface area contributed by atoms with Crippen LogP contribution in [0.25, 0.3) is 0 Å². The van der Waals surface area contributed by atoms with Crippen LogP contribution >= 0.6 is 0 Å². The number of aliphatic hydroxyl groups is 1. The van der Waals surface area contributed by atoms with Crippen molar-refractivity contribution in [3.8, 4) is 0 Å². The summed E-state index contributed by atoms with van der Waals surface area (Å²) in [4.78, 5) is 11.1. The molecule has 0 saturated heterocycles. The summed E-state index contributed by atoms with van der Waals surface area (Å²) in [5.41, 5.74) is 0. The van der Waals surface area contributed by atoms with Crippen molar-refractivity contribution in [2.45, 2.75) is 46.1 Å². The van der Waals surface area contributed by atoms with E-state index >= 15 is 0 Å². The predicted octanol–water partition coefficient (Wildman–Crippen LogP) is 1.98. The lowest BCUT2D eigenvalue weighted by Crippen LogP contribution is -2.36. The van der Waals surface area contributed by atoms with Gasteiger partial charge in [-0.1, -0.05) is 27.2 Å². The second kappa shape index (κ2) is 5.50. The summed E-state index contributed by atoms with van der Waals surface area (Å²) in [6.45, 7) is 6.02. The Bertz CT molecular complexity index is 213. The fraction of sp³-hybridized carbons (Fsp3) is 0.917. The quantitative estimate of drug-likeness (QED) is 0.731. The molecule has 1 aliphatic carbocycles. The number of esters is 1. The van der Waals surface area contributed by atoms with Gasteiger partial charge in [-0.2, -0.15) is 0 Å². The number of ether oxygens (including phenoxy) is 1. The zero-order valence-corrected chi connectivity index (χ0v) is 9.90. The van der Waals surface area contributed by atoms with Crippen LogP contribution in [0.1, 0.15) is 40.0 Å². The van der Waals surface area contributed by atoms with Crippen LogP contribution in [0.4, 0.5) is 0 Å². The van der Waals surface area contributed by atoms with Crippen LogP contribution in [0.15, 0.2) is 0 Å². The SMILES string of the molecule is CC1CCC(C(C)C)C(OC(=O)CO)C1. The van der Waals surface area contributed by atoms with Gasteiger partial charge in [-0.3, -0.25) is 0 Å². The van der Waals surface area contributed by atoms with E-state index < -0.39 is 12.6 Å². The molecule has 0 aromatic rings. The van der Waals surface area contributed by atoms with Gasteiger partial charge in [0.25, 0.3) is 0 Å². The number of hydrogen-bond acceptors (Lipinski definition) is 3. The predicted molar refractivity (Wildman–Crippen MR) is 58.3 cm³/mol. The molecule has 1 N–H and O–H groups in total. The van der Waals surface area contributed by atoms with E-state index in [1.807, 2.05) is 0 Å². The highest BCUT2D eigenvalue weighted by Gasteiger charge is 2.33. The lowest BCUT2D eigenvalue weighted by Gasteiger charge is -2.36. The molecule has 0 spiro atoms. The van der Waals surface area contributed by atoms with Crippen molar-refractivity contribution in [1.29, 1.82) is 0 Å². The van der Waals surface area contributed by atoms with Crippen molar-refractivity contribution in [2.75, 3.05) is 6.61 Å². The Kier molecular flexibility index (Phi) is 4.58. The van der Waals surface area contributed by atoms with Gasteiger partial charge in [-0.15, -0.1) is 0 Å². The van der Waals surface area contributed by atoms with Gasteiger partial charge in [0.15, 0.2) is 0 Å². The lowest BCUT2D eigenvalue weighted by atomic mass is 9.75. The molecule has 0 aromatic heterocycles. The Balaban J connectivity index is 2.57. The standard InChI is InChI=1S/C12H22O3/c1-8(2)10-5-4-9(3)6-11(10)15-12(14)7-13/h8-11,13H,4-7H2,1-3H3. The Morgan fingerprint density at radius 2 is 2.13 bits per heavy atom. The summed E-state index contributed by atoms with van der Waals surface area (Å²) in [5.74, 6) is 1.13. The van der Waals surface area contributed by atoms with Crippen molar-refractivity contribution < 1.29 is 14.6 Å². The first-order valence-corrected chi connectivity index (χ1v) is 5.85. The van der Waals surface area contributed by atoms with E-state index in [2.05, 4.69) is 20.8 Å². The molecule has 1 fully saturated rings. The number of carbonyl (C=O) groups excluding carboxylic acids is 1. The molecule has 0 heterocycles. The zero-order chi connectivity index (χ0) is 11.4. The largest absolute Gasteiger partial charge is 0.460 e. The van der Waals surface area contributed by atoms with E-state index in [-0.39, 0.29) is 6.10 Å². The molecule has 1 aliphatic rings. The molecule has 88 valence electrons. The monoisotopic (exact) mass is 214 g/mol. The first-order valence-electron chi connectivity index (χ1n) is 5.85. The van der Waals surface area contributed by atoms with Crippen LogP contribution in [0.5, 0.6) is 0 Å². The van der Waals surface area contributed by atoms with E-state index in [4.69, 9.17) is 9.84 Å². The fourth-order valence-electron chi connectivity index (χ4n) is 2.46. The molecular formula is C12H22O3. The average Bonchev–Trinajstić information content (AvgIpc) is 2.17. The number of rotatable bonds is 3. The third-order valence-corrected chi connectivity index (χ3v) is 3.37. The summed E-state index contributed by atoms with van der Waals surface area (Å²) in [5, 5.41) is 8.68. The third kappa shape index (κ3) is 3.49. The lowest BCUT2D eigenvalue weighted by molar-refractivity contribution is -0.159. The summed E-state index contributed by atoms with van der Waals surface area (Å²) < 4.78 is 5.30. The van der Waals surface area contributed by atoms with Gasteiger partial charge in [0.2, 0.25) is 0 Å². The molecule has 3 heteroatoms. The molecule has 0 aromatic carbocycles. The van der Waals surface area contributed by atoms with Crippen molar-refractivity contribution in [2.24, 2.45) is 17.8 Å². The Labute approximate surface area is 91.8 Å². The van der Waals surface area contributed by atoms with Gasteiger partial charge in [0, 0.05) is 0 Å². The Morgan fingerprint density at radius 1 is 1.47 bits per heavy atom. The molecule has 0 radical (unpaired) electrons. The van der Waals surface area contributed by atoms with Crippen molar-refractivity contribution in [3.05, 3.63) is 0 Å². The highest BCUT2D eigenvalue weighted by atomic mass is 16.6. The fourth-order valence-corrected chi connectivity index (χ4v) is 2.46. The maximum atomic E-state index is 11.1. The highest BCUT2D eigenvalue weighted by Crippen LogP contribution is 2.35. The van der Waals surface area contributed by atoms with Gasteiger partial charge in [-0.05, 0) is 30.6 Å². The van der Waals surface area contributed by atoms with Crippen LogP contribution in [-0.4, -0.2) is 23.8 Å². The van der Waals surface area contributed by atoms with Crippen LogP contribution < -0.4 is 0 Å². The van der Waals surface area contributed by atoms with Crippen LogP contribution in [0, 0.1) is 17.8 Å². The van der Waals surface area contributed by atoms with Gasteiger partial charge >= 0.3 is 5.97 Å². The minimum absolute atomic E-state index is 0.00778. The van der Waals surface area contributed by atoms with Crippen molar-refractivity contribution in [1.82, 2.24) is 0 Å². The molecule has 15 heavy (non-hydrogen) atoms. The van der Waals surface area contributed by atoms with E-state index in [1.54, 1.807) is 0 Å². The Morgan fingerprint density at radius 3 is 2.67 bits per heavy atom. The number of aliphatic hydroxyl groups excluding tert-OH is 1. The maximum absolute atomic E-state index is 11.1. The minimum atomic E-state index is -0.504. The second-order valence-corrected chi connectivity index (χ2v) is 5.01. The first kappa shape index (κ1) is 12.5. The maximum Gasteiger partial charge on any atom is 0.332 e.